The van der Waals surface area contributed by atoms with Gasteiger partial charge in [-0.15, -0.1) is 0 Å². The molecule has 0 bridgehead atoms. The van der Waals surface area contributed by atoms with Crippen LogP contribution in [-0.4, -0.2) is 0 Å². The van der Waals surface area contributed by atoms with Crippen LogP contribution >= 0.6 is 0 Å². The van der Waals surface area contributed by atoms with Gasteiger partial charge in [0.1, 0.15) is 0 Å². The van der Waals surface area contributed by atoms with Gasteiger partial charge in [-0.1, -0.05) is 39.5 Å². The molecule has 0 saturated heterocycles. The lowest BCUT2D eigenvalue weighted by atomic mass is 9.84. The molecule has 0 spiro atoms. The lowest BCUT2D eigenvalue weighted by molar-refractivity contribution is 0.379. The van der Waals surface area contributed by atoms with Gasteiger partial charge < -0.3 is 5.92 Å². The van der Waals surface area contributed by atoms with E-state index in [9.17, 15) is 0 Å². The Morgan fingerprint density at radius 1 is 1.20 bits per heavy atom. The molecule has 0 amide bonds. The quantitative estimate of drug-likeness (QED) is 0.524. The molecule has 0 aliphatic heterocycles. The molecule has 0 nitrogen and oxygen atoms in total. The SMILES string of the molecule is CCC[C-](C)CC(C)(C)C. The Hall–Kier alpha value is 0. The fourth-order valence-electron chi connectivity index (χ4n) is 1.42. The lowest BCUT2D eigenvalue weighted by Gasteiger charge is -2.33. The minimum atomic E-state index is 0.485. The Balaban J connectivity index is 3.47. The zero-order valence-electron chi connectivity index (χ0n) is 8.12. The summed E-state index contributed by atoms with van der Waals surface area (Å²) in [6.07, 6.45) is 3.88. The Labute approximate surface area is 66.0 Å². The van der Waals surface area contributed by atoms with Crippen LogP contribution in [0.1, 0.15) is 53.9 Å². The average Bonchev–Trinajstić information content (AvgIpc) is 1.59. The van der Waals surface area contributed by atoms with Gasteiger partial charge in [-0.05, 0) is 0 Å². The fourth-order valence-corrected chi connectivity index (χ4v) is 1.42. The molecule has 0 atom stereocenters. The van der Waals surface area contributed by atoms with E-state index >= 15 is 0 Å². The standard InChI is InChI=1S/C10H21/c1-6-7-9(2)8-10(3,4)5/h6-8H2,1-5H3/q-1. The Kier molecular flexibility index (Phi) is 4.00. The summed E-state index contributed by atoms with van der Waals surface area (Å²) in [7, 11) is 0. The molecule has 0 aliphatic rings. The normalized spacial score (nSPS) is 12.6. The Morgan fingerprint density at radius 3 is 2.00 bits per heavy atom. The summed E-state index contributed by atoms with van der Waals surface area (Å²) in [5.41, 5.74) is 0.485. The Bertz CT molecular complexity index is 76.5. The molecule has 0 N–H and O–H groups in total. The van der Waals surface area contributed by atoms with Crippen LogP contribution in [-0.2, 0) is 0 Å². The van der Waals surface area contributed by atoms with E-state index < -0.39 is 0 Å². The average molecular weight is 141 g/mol. The number of rotatable bonds is 3. The molecular formula is C10H21-. The third kappa shape index (κ3) is 6.12. The predicted molar refractivity (Wildman–Crippen MR) is 47.9 cm³/mol. The van der Waals surface area contributed by atoms with Crippen molar-refractivity contribution in [2.24, 2.45) is 5.41 Å². The number of hydrogen-bond donors (Lipinski definition) is 0. The van der Waals surface area contributed by atoms with Crippen LogP contribution in [0.25, 0.3) is 0 Å². The van der Waals surface area contributed by atoms with Gasteiger partial charge in [-0.25, -0.2) is 0 Å². The van der Waals surface area contributed by atoms with Crippen molar-refractivity contribution in [3.05, 3.63) is 5.92 Å². The molecule has 10 heavy (non-hydrogen) atoms. The van der Waals surface area contributed by atoms with E-state index in [0.717, 1.165) is 0 Å². The summed E-state index contributed by atoms with van der Waals surface area (Å²) in [4.78, 5) is 0. The molecule has 0 heteroatoms. The van der Waals surface area contributed by atoms with E-state index in [1.165, 1.54) is 19.3 Å². The molecular weight excluding hydrogens is 120 g/mol. The third-order valence-corrected chi connectivity index (χ3v) is 1.51. The van der Waals surface area contributed by atoms with Crippen LogP contribution in [0, 0.1) is 11.3 Å². The minimum Gasteiger partial charge on any atom is -0.316 e. The monoisotopic (exact) mass is 141 g/mol. The zero-order valence-corrected chi connectivity index (χ0v) is 8.12. The van der Waals surface area contributed by atoms with Gasteiger partial charge in [0, 0.05) is 0 Å². The molecule has 0 aromatic heterocycles. The van der Waals surface area contributed by atoms with Crippen molar-refractivity contribution in [3.63, 3.8) is 0 Å². The minimum absolute atomic E-state index is 0.485. The van der Waals surface area contributed by atoms with Crippen molar-refractivity contribution >= 4 is 0 Å². The van der Waals surface area contributed by atoms with E-state index in [4.69, 9.17) is 0 Å². The van der Waals surface area contributed by atoms with Crippen molar-refractivity contribution in [2.45, 2.75) is 53.9 Å². The first-order valence-corrected chi connectivity index (χ1v) is 4.27. The second-order valence-electron chi connectivity index (χ2n) is 4.44. The topological polar surface area (TPSA) is 0 Å². The highest BCUT2D eigenvalue weighted by Crippen LogP contribution is 2.27. The van der Waals surface area contributed by atoms with E-state index in [-0.39, 0.29) is 0 Å². The first-order chi connectivity index (χ1) is 4.45. The van der Waals surface area contributed by atoms with E-state index in [1.54, 1.807) is 5.92 Å². The molecule has 0 rings (SSSR count). The highest BCUT2D eigenvalue weighted by Gasteiger charge is 2.05. The number of hydrogen-bond acceptors (Lipinski definition) is 0. The molecule has 0 aromatic carbocycles. The van der Waals surface area contributed by atoms with Crippen molar-refractivity contribution in [1.82, 2.24) is 0 Å². The summed E-state index contributed by atoms with van der Waals surface area (Å²) >= 11 is 0. The molecule has 62 valence electrons. The maximum absolute atomic E-state index is 2.30. The highest BCUT2D eigenvalue weighted by molar-refractivity contribution is 4.87. The largest absolute Gasteiger partial charge is 0.316 e. The summed E-state index contributed by atoms with van der Waals surface area (Å²) in [5, 5.41) is 0. The van der Waals surface area contributed by atoms with Crippen LogP contribution in [0.15, 0.2) is 0 Å². The van der Waals surface area contributed by atoms with Crippen LogP contribution in [0.3, 0.4) is 0 Å². The van der Waals surface area contributed by atoms with Gasteiger partial charge in [-0.2, -0.15) is 19.8 Å². The first kappa shape index (κ1) is 10.0. The molecule has 0 saturated carbocycles. The van der Waals surface area contributed by atoms with Crippen LogP contribution < -0.4 is 0 Å². The second-order valence-corrected chi connectivity index (χ2v) is 4.44. The van der Waals surface area contributed by atoms with Gasteiger partial charge >= 0.3 is 0 Å². The van der Waals surface area contributed by atoms with Crippen LogP contribution in [0.4, 0.5) is 0 Å². The zero-order chi connectivity index (χ0) is 8.20. The van der Waals surface area contributed by atoms with Crippen LogP contribution in [0.2, 0.25) is 0 Å². The van der Waals surface area contributed by atoms with Crippen molar-refractivity contribution in [3.8, 4) is 0 Å². The predicted octanol–water partition coefficient (Wildman–Crippen LogP) is 3.82. The Morgan fingerprint density at radius 2 is 1.70 bits per heavy atom. The molecule has 0 radical (unpaired) electrons. The summed E-state index contributed by atoms with van der Waals surface area (Å²) < 4.78 is 0. The van der Waals surface area contributed by atoms with Gasteiger partial charge in [0.05, 0.1) is 0 Å². The molecule has 0 unspecified atom stereocenters. The van der Waals surface area contributed by atoms with Gasteiger partial charge in [0.25, 0.3) is 0 Å². The maximum Gasteiger partial charge on any atom is -0.0626 e. The summed E-state index contributed by atoms with van der Waals surface area (Å²) in [5.74, 6) is 1.65. The van der Waals surface area contributed by atoms with Crippen LogP contribution in [0.5, 0.6) is 0 Å². The highest BCUT2D eigenvalue weighted by atomic mass is 14.2. The third-order valence-electron chi connectivity index (χ3n) is 1.51. The van der Waals surface area contributed by atoms with Gasteiger partial charge in [0.2, 0.25) is 0 Å². The van der Waals surface area contributed by atoms with Gasteiger partial charge in [0.15, 0.2) is 0 Å². The summed E-state index contributed by atoms with van der Waals surface area (Å²) in [6, 6.07) is 0. The molecule has 0 heterocycles. The fraction of sp³-hybridized carbons (Fsp3) is 0.900. The van der Waals surface area contributed by atoms with Crippen molar-refractivity contribution in [1.29, 1.82) is 0 Å². The maximum atomic E-state index is 2.30. The smallest absolute Gasteiger partial charge is 0.0626 e. The van der Waals surface area contributed by atoms with Gasteiger partial charge in [-0.3, -0.25) is 0 Å². The molecule has 0 aliphatic carbocycles. The molecule has 0 aromatic rings. The van der Waals surface area contributed by atoms with E-state index in [1.807, 2.05) is 0 Å². The van der Waals surface area contributed by atoms with E-state index in [0.29, 0.717) is 5.41 Å². The van der Waals surface area contributed by atoms with Crippen molar-refractivity contribution in [2.75, 3.05) is 0 Å². The second kappa shape index (κ2) is 4.00. The summed E-state index contributed by atoms with van der Waals surface area (Å²) in [6.45, 7) is 11.4. The van der Waals surface area contributed by atoms with Crippen molar-refractivity contribution < 1.29 is 0 Å². The van der Waals surface area contributed by atoms with E-state index in [2.05, 4.69) is 34.6 Å². The lowest BCUT2D eigenvalue weighted by Crippen LogP contribution is -2.09. The molecule has 0 fully saturated rings. The first-order valence-electron chi connectivity index (χ1n) is 4.27.